The summed E-state index contributed by atoms with van der Waals surface area (Å²) in [5, 5.41) is 4.34. The Morgan fingerprint density at radius 3 is 2.95 bits per heavy atom. The predicted octanol–water partition coefficient (Wildman–Crippen LogP) is 0.919. The fourth-order valence-corrected chi connectivity index (χ4v) is 3.47. The second-order valence-electron chi connectivity index (χ2n) is 5.94. The van der Waals surface area contributed by atoms with E-state index in [0.717, 1.165) is 24.9 Å². The Morgan fingerprint density at radius 1 is 1.48 bits per heavy atom. The van der Waals surface area contributed by atoms with Crippen LogP contribution in [0.2, 0.25) is 0 Å². The van der Waals surface area contributed by atoms with Crippen molar-refractivity contribution in [3.05, 3.63) is 17.5 Å². The van der Waals surface area contributed by atoms with Crippen molar-refractivity contribution in [3.63, 3.8) is 0 Å². The molecule has 3 rings (SSSR count). The monoisotopic (exact) mass is 293 g/mol. The number of aromatic nitrogens is 2. The number of carbonyl (C=O) groups excluding carboxylic acids is 1. The lowest BCUT2D eigenvalue weighted by atomic mass is 9.93. The molecular formula is C15H23N3O3. The molecule has 1 fully saturated rings. The maximum absolute atomic E-state index is 12.7. The number of carbonyl (C=O) groups is 1. The largest absolute Gasteiger partial charge is 0.384 e. The van der Waals surface area contributed by atoms with Crippen LogP contribution in [0, 0.1) is 5.92 Å². The Labute approximate surface area is 125 Å². The van der Waals surface area contributed by atoms with Gasteiger partial charge in [-0.05, 0) is 12.8 Å². The highest BCUT2D eigenvalue weighted by Gasteiger charge is 2.34. The zero-order chi connectivity index (χ0) is 14.8. The summed E-state index contributed by atoms with van der Waals surface area (Å²) in [5.41, 5.74) is 2.35. The lowest BCUT2D eigenvalue weighted by Gasteiger charge is -2.35. The molecule has 3 heterocycles. The summed E-state index contributed by atoms with van der Waals surface area (Å²) in [5.74, 6) is 0.573. The second kappa shape index (κ2) is 6.15. The van der Waals surface area contributed by atoms with Crippen molar-refractivity contribution in [1.29, 1.82) is 0 Å². The lowest BCUT2D eigenvalue weighted by Crippen LogP contribution is -2.43. The zero-order valence-electron chi connectivity index (χ0n) is 12.7. The molecule has 1 unspecified atom stereocenters. The van der Waals surface area contributed by atoms with Crippen LogP contribution in [-0.4, -0.2) is 54.1 Å². The number of fused-ring (bicyclic) bond motifs is 1. The third-order valence-electron chi connectivity index (χ3n) is 4.50. The van der Waals surface area contributed by atoms with Gasteiger partial charge in [0, 0.05) is 57.9 Å². The molecule has 6 heteroatoms. The van der Waals surface area contributed by atoms with Gasteiger partial charge in [-0.15, -0.1) is 0 Å². The highest BCUT2D eigenvalue weighted by molar-refractivity contribution is 5.79. The molecule has 0 aliphatic carbocycles. The van der Waals surface area contributed by atoms with E-state index in [1.807, 2.05) is 22.8 Å². The van der Waals surface area contributed by atoms with E-state index in [0.29, 0.717) is 26.4 Å². The number of hydrogen-bond acceptors (Lipinski definition) is 4. The second-order valence-corrected chi connectivity index (χ2v) is 5.94. The van der Waals surface area contributed by atoms with Crippen molar-refractivity contribution in [1.82, 2.24) is 14.7 Å². The van der Waals surface area contributed by atoms with E-state index >= 15 is 0 Å². The molecule has 0 N–H and O–H groups in total. The molecule has 0 bridgehead atoms. The quantitative estimate of drug-likeness (QED) is 0.831. The molecule has 1 atom stereocenters. The normalized spacial score (nSPS) is 23.1. The van der Waals surface area contributed by atoms with E-state index in [2.05, 4.69) is 5.10 Å². The number of nitrogens with zero attached hydrogens (tertiary/aromatic N) is 3. The van der Waals surface area contributed by atoms with Crippen LogP contribution < -0.4 is 0 Å². The number of aryl methyl sites for hydroxylation is 1. The summed E-state index contributed by atoms with van der Waals surface area (Å²) < 4.78 is 12.6. The number of hydrogen-bond donors (Lipinski definition) is 0. The van der Waals surface area contributed by atoms with Gasteiger partial charge >= 0.3 is 0 Å². The average Bonchev–Trinajstić information content (AvgIpc) is 2.89. The fraction of sp³-hybridized carbons (Fsp3) is 0.733. The van der Waals surface area contributed by atoms with Crippen LogP contribution in [0.4, 0.5) is 0 Å². The smallest absolute Gasteiger partial charge is 0.226 e. The standard InChI is InChI=1S/C15H23N3O3/c1-17-14-12(7-16-17)8-18(9-13(14)10-20-2)15(19)11-3-5-21-6-4-11/h7,11,13H,3-6,8-10H2,1-2H3. The number of methoxy groups -OCH3 is 1. The first kappa shape index (κ1) is 14.5. The molecule has 6 nitrogen and oxygen atoms in total. The van der Waals surface area contributed by atoms with Crippen LogP contribution in [0.5, 0.6) is 0 Å². The SMILES string of the molecule is COCC1CN(C(=O)C2CCOCC2)Cc2cnn(C)c21. The molecule has 1 aromatic rings. The number of amides is 1. The van der Waals surface area contributed by atoms with Crippen LogP contribution in [0.1, 0.15) is 30.0 Å². The van der Waals surface area contributed by atoms with Crippen molar-refractivity contribution in [2.45, 2.75) is 25.3 Å². The molecule has 0 spiro atoms. The average molecular weight is 293 g/mol. The molecule has 116 valence electrons. The maximum atomic E-state index is 12.7. The van der Waals surface area contributed by atoms with Gasteiger partial charge in [0.15, 0.2) is 0 Å². The van der Waals surface area contributed by atoms with Crippen molar-refractivity contribution >= 4 is 5.91 Å². The van der Waals surface area contributed by atoms with E-state index in [9.17, 15) is 4.79 Å². The summed E-state index contributed by atoms with van der Waals surface area (Å²) in [6.07, 6.45) is 3.55. The highest BCUT2D eigenvalue weighted by Crippen LogP contribution is 2.30. The van der Waals surface area contributed by atoms with Gasteiger partial charge < -0.3 is 14.4 Å². The fourth-order valence-electron chi connectivity index (χ4n) is 3.47. The summed E-state index contributed by atoms with van der Waals surface area (Å²) >= 11 is 0. The van der Waals surface area contributed by atoms with Crippen LogP contribution in [0.25, 0.3) is 0 Å². The van der Waals surface area contributed by atoms with Gasteiger partial charge in [0.2, 0.25) is 5.91 Å². The van der Waals surface area contributed by atoms with Gasteiger partial charge in [-0.2, -0.15) is 5.10 Å². The first-order valence-corrected chi connectivity index (χ1v) is 7.57. The van der Waals surface area contributed by atoms with Crippen molar-refractivity contribution in [2.75, 3.05) is 33.5 Å². The molecule has 21 heavy (non-hydrogen) atoms. The van der Waals surface area contributed by atoms with Crippen LogP contribution in [0.3, 0.4) is 0 Å². The maximum Gasteiger partial charge on any atom is 0.226 e. The highest BCUT2D eigenvalue weighted by atomic mass is 16.5. The minimum absolute atomic E-state index is 0.111. The Bertz CT molecular complexity index is 508. The summed E-state index contributed by atoms with van der Waals surface area (Å²) in [4.78, 5) is 14.7. The summed E-state index contributed by atoms with van der Waals surface area (Å²) in [6, 6.07) is 0. The van der Waals surface area contributed by atoms with Gasteiger partial charge in [0.05, 0.1) is 18.5 Å². The third-order valence-corrected chi connectivity index (χ3v) is 4.50. The van der Waals surface area contributed by atoms with Gasteiger partial charge in [0.1, 0.15) is 0 Å². The first-order valence-electron chi connectivity index (χ1n) is 7.57. The molecule has 1 aromatic heterocycles. The third kappa shape index (κ3) is 2.82. The Morgan fingerprint density at radius 2 is 2.24 bits per heavy atom. The minimum atomic E-state index is 0.111. The molecule has 2 aliphatic rings. The molecule has 1 saturated heterocycles. The van der Waals surface area contributed by atoms with Gasteiger partial charge in [0.25, 0.3) is 0 Å². The van der Waals surface area contributed by atoms with Gasteiger partial charge in [-0.25, -0.2) is 0 Å². The van der Waals surface area contributed by atoms with Gasteiger partial charge in [-0.1, -0.05) is 0 Å². The van der Waals surface area contributed by atoms with E-state index in [1.165, 1.54) is 5.69 Å². The first-order chi connectivity index (χ1) is 10.2. The van der Waals surface area contributed by atoms with E-state index in [1.54, 1.807) is 7.11 Å². The molecular weight excluding hydrogens is 270 g/mol. The number of rotatable bonds is 3. The van der Waals surface area contributed by atoms with E-state index in [4.69, 9.17) is 9.47 Å². The lowest BCUT2D eigenvalue weighted by molar-refractivity contribution is -0.140. The predicted molar refractivity (Wildman–Crippen MR) is 76.8 cm³/mol. The molecule has 2 aliphatic heterocycles. The van der Waals surface area contributed by atoms with Crippen LogP contribution in [0.15, 0.2) is 6.20 Å². The van der Waals surface area contributed by atoms with E-state index in [-0.39, 0.29) is 17.7 Å². The molecule has 0 aromatic carbocycles. The van der Waals surface area contributed by atoms with Crippen molar-refractivity contribution < 1.29 is 14.3 Å². The zero-order valence-corrected chi connectivity index (χ0v) is 12.7. The van der Waals surface area contributed by atoms with Crippen LogP contribution in [-0.2, 0) is 27.9 Å². The Kier molecular flexibility index (Phi) is 4.26. The van der Waals surface area contributed by atoms with Crippen molar-refractivity contribution in [2.24, 2.45) is 13.0 Å². The topological polar surface area (TPSA) is 56.6 Å². The van der Waals surface area contributed by atoms with Gasteiger partial charge in [-0.3, -0.25) is 9.48 Å². The van der Waals surface area contributed by atoms with E-state index < -0.39 is 0 Å². The molecule has 0 saturated carbocycles. The molecule has 0 radical (unpaired) electrons. The van der Waals surface area contributed by atoms with Crippen LogP contribution >= 0.6 is 0 Å². The Hall–Kier alpha value is -1.40. The molecule has 1 amide bonds. The Balaban J connectivity index is 1.77. The number of ether oxygens (including phenoxy) is 2. The minimum Gasteiger partial charge on any atom is -0.384 e. The summed E-state index contributed by atoms with van der Waals surface area (Å²) in [7, 11) is 3.66. The van der Waals surface area contributed by atoms with Crippen molar-refractivity contribution in [3.8, 4) is 0 Å². The summed E-state index contributed by atoms with van der Waals surface area (Å²) in [6.45, 7) is 3.40.